The molecule has 0 atom stereocenters. The van der Waals surface area contributed by atoms with Crippen LogP contribution < -0.4 is 4.72 Å². The van der Waals surface area contributed by atoms with Crippen LogP contribution in [0.3, 0.4) is 0 Å². The van der Waals surface area contributed by atoms with E-state index in [2.05, 4.69) is 16.6 Å². The smallest absolute Gasteiger partial charge is 0.240 e. The topological polar surface area (TPSA) is 59.1 Å². The van der Waals surface area contributed by atoms with Crippen molar-refractivity contribution in [3.8, 4) is 10.6 Å². The summed E-state index contributed by atoms with van der Waals surface area (Å²) in [7, 11) is -3.57. The number of benzene rings is 2. The average molecular weight is 421 g/mol. The largest absolute Gasteiger partial charge is 0.241 e. The maximum Gasteiger partial charge on any atom is 0.240 e. The zero-order valence-corrected chi connectivity index (χ0v) is 17.6. The van der Waals surface area contributed by atoms with Gasteiger partial charge in [0.05, 0.1) is 15.6 Å². The van der Waals surface area contributed by atoms with E-state index in [4.69, 9.17) is 11.6 Å². The summed E-state index contributed by atoms with van der Waals surface area (Å²) < 4.78 is 27.8. The molecule has 0 spiro atoms. The lowest BCUT2D eigenvalue weighted by molar-refractivity contribution is 0.581. The first-order valence-corrected chi connectivity index (χ1v) is 11.4. The molecule has 27 heavy (non-hydrogen) atoms. The Morgan fingerprint density at radius 2 is 1.81 bits per heavy atom. The van der Waals surface area contributed by atoms with Crippen molar-refractivity contribution in [3.63, 3.8) is 0 Å². The Morgan fingerprint density at radius 3 is 2.48 bits per heavy atom. The molecule has 0 aliphatic rings. The number of sulfonamides is 1. The van der Waals surface area contributed by atoms with Crippen molar-refractivity contribution in [2.45, 2.75) is 38.1 Å². The minimum Gasteiger partial charge on any atom is -0.241 e. The van der Waals surface area contributed by atoms with Crippen LogP contribution in [-0.4, -0.2) is 13.4 Å². The Bertz CT molecular complexity index is 1030. The third kappa shape index (κ3) is 4.76. The molecule has 0 amide bonds. The van der Waals surface area contributed by atoms with Gasteiger partial charge in [0.15, 0.2) is 0 Å². The first kappa shape index (κ1) is 20.0. The van der Waals surface area contributed by atoms with Crippen LogP contribution in [0.1, 0.15) is 29.5 Å². The van der Waals surface area contributed by atoms with Crippen LogP contribution in [0.4, 0.5) is 0 Å². The zero-order valence-electron chi connectivity index (χ0n) is 15.2. The molecule has 1 aromatic heterocycles. The van der Waals surface area contributed by atoms with Crippen LogP contribution in [0.25, 0.3) is 10.6 Å². The molecule has 7 heteroatoms. The molecule has 3 aromatic rings. The zero-order chi connectivity index (χ0) is 19.4. The van der Waals surface area contributed by atoms with Crippen LogP contribution in [0, 0.1) is 6.92 Å². The second-order valence-corrected chi connectivity index (χ2v) is 9.48. The highest BCUT2D eigenvalue weighted by atomic mass is 35.5. The number of hydrogen-bond donors (Lipinski definition) is 1. The lowest BCUT2D eigenvalue weighted by Gasteiger charge is -2.07. The van der Waals surface area contributed by atoms with E-state index in [-0.39, 0.29) is 11.4 Å². The van der Waals surface area contributed by atoms with E-state index in [9.17, 15) is 8.42 Å². The molecule has 0 radical (unpaired) electrons. The molecule has 1 N–H and O–H groups in total. The Morgan fingerprint density at radius 1 is 1.11 bits per heavy atom. The van der Waals surface area contributed by atoms with E-state index in [1.807, 2.05) is 43.3 Å². The number of thiazole rings is 1. The number of nitrogens with one attached hydrogen (secondary N) is 1. The summed E-state index contributed by atoms with van der Waals surface area (Å²) in [6.45, 7) is 4.17. The fourth-order valence-corrected chi connectivity index (χ4v) is 5.12. The summed E-state index contributed by atoms with van der Waals surface area (Å²) in [5.41, 5.74) is 2.79. The minimum atomic E-state index is -3.57. The lowest BCUT2D eigenvalue weighted by Crippen LogP contribution is -2.23. The molecule has 142 valence electrons. The molecule has 0 aliphatic carbocycles. The second kappa shape index (κ2) is 8.52. The van der Waals surface area contributed by atoms with Gasteiger partial charge in [0.1, 0.15) is 5.01 Å². The van der Waals surface area contributed by atoms with Gasteiger partial charge in [-0.05, 0) is 37.1 Å². The van der Waals surface area contributed by atoms with E-state index in [1.165, 1.54) is 11.3 Å². The summed E-state index contributed by atoms with van der Waals surface area (Å²) >= 11 is 7.69. The molecular weight excluding hydrogens is 400 g/mol. The van der Waals surface area contributed by atoms with Crippen LogP contribution in [0.15, 0.2) is 53.4 Å². The van der Waals surface area contributed by atoms with Gasteiger partial charge in [-0.1, -0.05) is 55.3 Å². The molecule has 0 saturated heterocycles. The normalized spacial score (nSPS) is 11.7. The number of halogens is 1. The van der Waals surface area contributed by atoms with Crippen molar-refractivity contribution in [1.82, 2.24) is 9.71 Å². The number of nitrogens with zero attached hydrogens (tertiary/aromatic N) is 1. The highest BCUT2D eigenvalue weighted by Gasteiger charge is 2.17. The standard InChI is InChI=1S/C20H21ClN2O2S2/c1-3-6-15-9-11-16(12-10-15)27(24,25)22-13-19-14(2)23-20(26-19)17-7-4-5-8-18(17)21/h4-5,7-12,22H,3,6,13H2,1-2H3. The van der Waals surface area contributed by atoms with Gasteiger partial charge in [0.2, 0.25) is 10.0 Å². The van der Waals surface area contributed by atoms with Gasteiger partial charge < -0.3 is 0 Å². The van der Waals surface area contributed by atoms with Crippen molar-refractivity contribution < 1.29 is 8.42 Å². The third-order valence-corrected chi connectivity index (χ3v) is 7.13. The van der Waals surface area contributed by atoms with Gasteiger partial charge in [-0.25, -0.2) is 18.1 Å². The molecule has 0 unspecified atom stereocenters. The average Bonchev–Trinajstić information content (AvgIpc) is 3.02. The molecular formula is C20H21ClN2O2S2. The van der Waals surface area contributed by atoms with Gasteiger partial charge in [-0.15, -0.1) is 11.3 Å². The van der Waals surface area contributed by atoms with Gasteiger partial charge >= 0.3 is 0 Å². The van der Waals surface area contributed by atoms with E-state index >= 15 is 0 Å². The fourth-order valence-electron chi connectivity index (χ4n) is 2.71. The number of aryl methyl sites for hydroxylation is 2. The van der Waals surface area contributed by atoms with Gasteiger partial charge in [0.25, 0.3) is 0 Å². The Balaban J connectivity index is 1.75. The van der Waals surface area contributed by atoms with E-state index in [0.717, 1.165) is 39.5 Å². The monoisotopic (exact) mass is 420 g/mol. The molecule has 3 rings (SSSR count). The first-order valence-electron chi connectivity index (χ1n) is 8.70. The van der Waals surface area contributed by atoms with Crippen molar-refractivity contribution in [3.05, 3.63) is 69.7 Å². The van der Waals surface area contributed by atoms with Crippen molar-refractivity contribution in [1.29, 1.82) is 0 Å². The predicted molar refractivity (Wildman–Crippen MR) is 112 cm³/mol. The van der Waals surface area contributed by atoms with Crippen LogP contribution in [-0.2, 0) is 23.0 Å². The Hall–Kier alpha value is -1.73. The van der Waals surface area contributed by atoms with E-state index < -0.39 is 10.0 Å². The molecule has 1 heterocycles. The first-order chi connectivity index (χ1) is 12.9. The van der Waals surface area contributed by atoms with Crippen molar-refractivity contribution >= 4 is 33.0 Å². The fraction of sp³-hybridized carbons (Fsp3) is 0.250. The van der Waals surface area contributed by atoms with Gasteiger partial charge in [-0.3, -0.25) is 0 Å². The molecule has 2 aromatic carbocycles. The lowest BCUT2D eigenvalue weighted by atomic mass is 10.1. The molecule has 0 bridgehead atoms. The highest BCUT2D eigenvalue weighted by molar-refractivity contribution is 7.89. The number of aromatic nitrogens is 1. The molecule has 4 nitrogen and oxygen atoms in total. The second-order valence-electron chi connectivity index (χ2n) is 6.23. The third-order valence-electron chi connectivity index (χ3n) is 4.19. The van der Waals surface area contributed by atoms with E-state index in [0.29, 0.717) is 5.02 Å². The van der Waals surface area contributed by atoms with Crippen LogP contribution in [0.5, 0.6) is 0 Å². The summed E-state index contributed by atoms with van der Waals surface area (Å²) in [6.07, 6.45) is 1.97. The van der Waals surface area contributed by atoms with Gasteiger partial charge in [0, 0.05) is 17.0 Å². The maximum absolute atomic E-state index is 12.6. The Labute approximate surface area is 169 Å². The van der Waals surface area contributed by atoms with E-state index in [1.54, 1.807) is 12.1 Å². The summed E-state index contributed by atoms with van der Waals surface area (Å²) in [5.74, 6) is 0. The highest BCUT2D eigenvalue weighted by Crippen LogP contribution is 2.32. The number of rotatable bonds is 7. The molecule has 0 saturated carbocycles. The molecule has 0 fully saturated rings. The van der Waals surface area contributed by atoms with Gasteiger partial charge in [-0.2, -0.15) is 0 Å². The van der Waals surface area contributed by atoms with Crippen molar-refractivity contribution in [2.24, 2.45) is 0 Å². The quantitative estimate of drug-likeness (QED) is 0.571. The minimum absolute atomic E-state index is 0.201. The number of hydrogen-bond acceptors (Lipinski definition) is 4. The Kier molecular flexibility index (Phi) is 6.32. The predicted octanol–water partition coefficient (Wildman–Crippen LogP) is 5.20. The summed E-state index contributed by atoms with van der Waals surface area (Å²) in [5, 5.41) is 1.42. The maximum atomic E-state index is 12.6. The van der Waals surface area contributed by atoms with Crippen LogP contribution in [0.2, 0.25) is 5.02 Å². The van der Waals surface area contributed by atoms with Crippen LogP contribution >= 0.6 is 22.9 Å². The SMILES string of the molecule is CCCc1ccc(S(=O)(=O)NCc2sc(-c3ccccc3Cl)nc2C)cc1. The van der Waals surface area contributed by atoms with Crippen molar-refractivity contribution in [2.75, 3.05) is 0 Å². The molecule has 0 aliphatic heterocycles. The summed E-state index contributed by atoms with van der Waals surface area (Å²) in [6, 6.07) is 14.5. The summed E-state index contributed by atoms with van der Waals surface area (Å²) in [4.78, 5) is 5.69.